The van der Waals surface area contributed by atoms with Gasteiger partial charge < -0.3 is 19.9 Å². The van der Waals surface area contributed by atoms with Crippen LogP contribution >= 0.6 is 0 Å². The van der Waals surface area contributed by atoms with Gasteiger partial charge in [-0.15, -0.1) is 0 Å². The van der Waals surface area contributed by atoms with Gasteiger partial charge in [0.2, 0.25) is 0 Å². The second-order valence-electron chi connectivity index (χ2n) is 7.69. The third-order valence-corrected chi connectivity index (χ3v) is 5.46. The number of anilines is 2. The molecule has 0 atom stereocenters. The second-order valence-corrected chi connectivity index (χ2v) is 7.69. The van der Waals surface area contributed by atoms with Gasteiger partial charge in [0.1, 0.15) is 5.75 Å². The van der Waals surface area contributed by atoms with Crippen LogP contribution in [0.25, 0.3) is 11.1 Å². The average molecular weight is 403 g/mol. The first-order valence-corrected chi connectivity index (χ1v) is 10.4. The van der Waals surface area contributed by atoms with Gasteiger partial charge in [-0.25, -0.2) is 0 Å². The van der Waals surface area contributed by atoms with Crippen molar-refractivity contribution in [3.63, 3.8) is 0 Å². The molecule has 1 saturated heterocycles. The number of rotatable bonds is 6. The van der Waals surface area contributed by atoms with E-state index in [1.54, 1.807) is 4.90 Å². The van der Waals surface area contributed by atoms with E-state index < -0.39 is 0 Å². The van der Waals surface area contributed by atoms with Crippen LogP contribution in [0.2, 0.25) is 0 Å². The van der Waals surface area contributed by atoms with Crippen molar-refractivity contribution in [1.82, 2.24) is 0 Å². The maximum Gasteiger partial charge on any atom is 0.262 e. The zero-order valence-corrected chi connectivity index (χ0v) is 17.3. The number of piperazine rings is 1. The third kappa shape index (κ3) is 4.99. The van der Waals surface area contributed by atoms with Crippen LogP contribution in [0.1, 0.15) is 0 Å². The largest absolute Gasteiger partial charge is 0.483 e. The van der Waals surface area contributed by atoms with Crippen LogP contribution in [0.15, 0.2) is 78.9 Å². The molecule has 154 valence electrons. The minimum atomic E-state index is -0.172. The molecule has 1 fully saturated rings. The Morgan fingerprint density at radius 3 is 2.33 bits per heavy atom. The molecule has 0 saturated carbocycles. The Morgan fingerprint density at radius 1 is 0.933 bits per heavy atom. The number of carbonyl (C=O) groups excluding carboxylic acids is 1. The molecule has 1 aliphatic rings. The van der Waals surface area contributed by atoms with E-state index in [9.17, 15) is 4.79 Å². The molecule has 0 radical (unpaired) electrons. The topological polar surface area (TPSA) is 46.0 Å². The molecule has 0 aliphatic carbocycles. The molecule has 1 aliphatic heterocycles. The van der Waals surface area contributed by atoms with Crippen LogP contribution in [-0.2, 0) is 4.79 Å². The van der Waals surface area contributed by atoms with E-state index in [-0.39, 0.29) is 12.5 Å². The van der Waals surface area contributed by atoms with Gasteiger partial charge in [-0.2, -0.15) is 0 Å². The lowest BCUT2D eigenvalue weighted by Gasteiger charge is -2.31. The normalized spacial score (nSPS) is 14.4. The molecule has 1 amide bonds. The fourth-order valence-corrected chi connectivity index (χ4v) is 3.69. The van der Waals surface area contributed by atoms with Crippen LogP contribution < -0.4 is 19.9 Å². The molecule has 5 heteroatoms. The smallest absolute Gasteiger partial charge is 0.262 e. The van der Waals surface area contributed by atoms with Crippen molar-refractivity contribution in [2.24, 2.45) is 0 Å². The highest BCUT2D eigenvalue weighted by atomic mass is 16.5. The number of hydrogen-bond donors (Lipinski definition) is 2. The van der Waals surface area contributed by atoms with Gasteiger partial charge >= 0.3 is 0 Å². The van der Waals surface area contributed by atoms with Gasteiger partial charge in [-0.05, 0) is 35.9 Å². The Morgan fingerprint density at radius 2 is 1.60 bits per heavy atom. The van der Waals surface area contributed by atoms with E-state index in [2.05, 4.69) is 29.4 Å². The van der Waals surface area contributed by atoms with E-state index >= 15 is 0 Å². The summed E-state index contributed by atoms with van der Waals surface area (Å²) in [5.41, 5.74) is 4.02. The number of nitrogens with zero attached hydrogens (tertiary/aromatic N) is 1. The summed E-state index contributed by atoms with van der Waals surface area (Å²) in [6, 6.07) is 25.9. The van der Waals surface area contributed by atoms with Crippen LogP contribution in [0.4, 0.5) is 11.4 Å². The van der Waals surface area contributed by atoms with Crippen LogP contribution in [-0.4, -0.2) is 45.7 Å². The highest BCUT2D eigenvalue weighted by Gasteiger charge is 2.16. The first-order valence-electron chi connectivity index (χ1n) is 10.4. The molecule has 5 nitrogen and oxygen atoms in total. The Bertz CT molecular complexity index is 965. The van der Waals surface area contributed by atoms with Crippen LogP contribution in [0.5, 0.6) is 5.75 Å². The summed E-state index contributed by atoms with van der Waals surface area (Å²) in [6.07, 6.45) is 0. The molecule has 0 unspecified atom stereocenters. The number of para-hydroxylation sites is 1. The average Bonchev–Trinajstić information content (AvgIpc) is 2.80. The summed E-state index contributed by atoms with van der Waals surface area (Å²) in [5.74, 6) is 0.528. The van der Waals surface area contributed by atoms with E-state index in [4.69, 9.17) is 4.74 Å². The Labute approximate surface area is 177 Å². The minimum absolute atomic E-state index is 0.0349. The lowest BCUT2D eigenvalue weighted by Crippen LogP contribution is -3.12. The molecular weight excluding hydrogens is 374 g/mol. The molecule has 30 heavy (non-hydrogen) atoms. The van der Waals surface area contributed by atoms with Crippen molar-refractivity contribution in [1.29, 1.82) is 0 Å². The summed E-state index contributed by atoms with van der Waals surface area (Å²) in [6.45, 7) is 4.39. The van der Waals surface area contributed by atoms with E-state index in [0.717, 1.165) is 43.0 Å². The molecular formula is C25H28N3O2+. The lowest BCUT2D eigenvalue weighted by atomic mass is 10.1. The lowest BCUT2D eigenvalue weighted by molar-refractivity contribution is -0.880. The zero-order chi connectivity index (χ0) is 20.8. The van der Waals surface area contributed by atoms with E-state index in [1.165, 1.54) is 5.69 Å². The van der Waals surface area contributed by atoms with Gasteiger partial charge in [0, 0.05) is 16.9 Å². The maximum atomic E-state index is 12.4. The number of likely N-dealkylation sites (N-methyl/N-ethyl adjacent to an activating group) is 1. The van der Waals surface area contributed by atoms with Crippen molar-refractivity contribution in [2.45, 2.75) is 0 Å². The summed E-state index contributed by atoms with van der Waals surface area (Å²) in [5, 5.41) is 2.92. The first-order chi connectivity index (χ1) is 14.7. The van der Waals surface area contributed by atoms with Gasteiger partial charge in [0.15, 0.2) is 6.61 Å². The molecule has 4 rings (SSSR count). The molecule has 0 bridgehead atoms. The van der Waals surface area contributed by atoms with Gasteiger partial charge in [0.05, 0.1) is 33.2 Å². The van der Waals surface area contributed by atoms with Crippen molar-refractivity contribution < 1.29 is 14.4 Å². The van der Waals surface area contributed by atoms with Gasteiger partial charge in [-0.1, -0.05) is 48.5 Å². The molecule has 2 N–H and O–H groups in total. The number of benzene rings is 3. The monoisotopic (exact) mass is 402 g/mol. The van der Waals surface area contributed by atoms with Gasteiger partial charge in [0.25, 0.3) is 5.91 Å². The van der Waals surface area contributed by atoms with Gasteiger partial charge in [-0.3, -0.25) is 4.79 Å². The molecule has 3 aromatic rings. The number of ether oxygens (including phenoxy) is 1. The number of carbonyl (C=O) groups is 1. The van der Waals surface area contributed by atoms with Crippen LogP contribution in [0, 0.1) is 0 Å². The van der Waals surface area contributed by atoms with Crippen molar-refractivity contribution in [3.8, 4) is 16.9 Å². The summed E-state index contributed by atoms with van der Waals surface area (Å²) in [4.78, 5) is 16.4. The third-order valence-electron chi connectivity index (χ3n) is 5.46. The predicted octanol–water partition coefficient (Wildman–Crippen LogP) is 2.71. The fourth-order valence-electron chi connectivity index (χ4n) is 3.69. The summed E-state index contributed by atoms with van der Waals surface area (Å²) < 4.78 is 5.83. The number of nitrogens with one attached hydrogen (secondary N) is 2. The molecule has 3 aromatic carbocycles. The molecule has 0 spiro atoms. The Balaban J connectivity index is 1.34. The first kappa shape index (κ1) is 20.0. The summed E-state index contributed by atoms with van der Waals surface area (Å²) in [7, 11) is 2.23. The second kappa shape index (κ2) is 9.46. The van der Waals surface area contributed by atoms with E-state index in [0.29, 0.717) is 5.75 Å². The van der Waals surface area contributed by atoms with Crippen molar-refractivity contribution in [3.05, 3.63) is 78.9 Å². The number of quaternary nitrogens is 1. The van der Waals surface area contributed by atoms with Crippen LogP contribution in [0.3, 0.4) is 0 Å². The number of amides is 1. The zero-order valence-electron chi connectivity index (χ0n) is 17.3. The predicted molar refractivity (Wildman–Crippen MR) is 121 cm³/mol. The highest BCUT2D eigenvalue weighted by molar-refractivity contribution is 5.92. The van der Waals surface area contributed by atoms with Crippen molar-refractivity contribution in [2.75, 3.05) is 50.1 Å². The van der Waals surface area contributed by atoms with E-state index in [1.807, 2.05) is 66.7 Å². The summed E-state index contributed by atoms with van der Waals surface area (Å²) >= 11 is 0. The van der Waals surface area contributed by atoms with Crippen molar-refractivity contribution >= 4 is 17.3 Å². The quantitative estimate of drug-likeness (QED) is 0.667. The molecule has 0 aromatic heterocycles. The Kier molecular flexibility index (Phi) is 6.30. The highest BCUT2D eigenvalue weighted by Crippen LogP contribution is 2.29. The number of hydrogen-bond acceptors (Lipinski definition) is 3. The maximum absolute atomic E-state index is 12.4. The standard InChI is InChI=1S/C25H27N3O2/c1-27-15-17-28(18-16-27)22-13-11-21(12-14-22)26-25(29)19-30-24-10-6-5-9-23(24)20-7-3-2-4-8-20/h2-14H,15-19H2,1H3,(H,26,29)/p+1. The Hall–Kier alpha value is -3.31. The minimum Gasteiger partial charge on any atom is -0.483 e. The molecule has 1 heterocycles. The SMILES string of the molecule is C[NH+]1CCN(c2ccc(NC(=O)COc3ccccc3-c3ccccc3)cc2)CC1. The fraction of sp³-hybridized carbons (Fsp3) is 0.240.